The highest BCUT2D eigenvalue weighted by Gasteiger charge is 2.40. The van der Waals surface area contributed by atoms with Crippen molar-refractivity contribution in [3.05, 3.63) is 83.9 Å². The van der Waals surface area contributed by atoms with Crippen molar-refractivity contribution in [2.75, 3.05) is 11.4 Å². The smallest absolute Gasteiger partial charge is 0.406 e. The van der Waals surface area contributed by atoms with E-state index in [-0.39, 0.29) is 10.9 Å². The van der Waals surface area contributed by atoms with Gasteiger partial charge in [0.25, 0.3) is 0 Å². The molecule has 0 bridgehead atoms. The Balaban J connectivity index is 1.47. The van der Waals surface area contributed by atoms with Crippen LogP contribution in [0.5, 0.6) is 5.75 Å². The Labute approximate surface area is 239 Å². The molecule has 4 atom stereocenters. The maximum Gasteiger partial charge on any atom is 0.573 e. The lowest BCUT2D eigenvalue weighted by Crippen LogP contribution is -2.55. The van der Waals surface area contributed by atoms with Crippen molar-refractivity contribution in [2.45, 2.75) is 81.3 Å². The summed E-state index contributed by atoms with van der Waals surface area (Å²) in [5, 5.41) is 11.9. The van der Waals surface area contributed by atoms with Gasteiger partial charge in [-0.3, -0.25) is 0 Å². The van der Waals surface area contributed by atoms with Gasteiger partial charge in [-0.25, -0.2) is 13.3 Å². The first kappa shape index (κ1) is 29.4. The van der Waals surface area contributed by atoms with Crippen LogP contribution in [0.25, 0.3) is 0 Å². The van der Waals surface area contributed by atoms with E-state index >= 15 is 0 Å². The fourth-order valence-electron chi connectivity index (χ4n) is 5.80. The van der Waals surface area contributed by atoms with Crippen LogP contribution in [0.1, 0.15) is 50.2 Å². The van der Waals surface area contributed by atoms with Gasteiger partial charge in [-0.15, -0.1) is 13.2 Å². The number of alkyl halides is 3. The highest BCUT2D eigenvalue weighted by molar-refractivity contribution is 7.91. The standard InChI is InChI=1S/C31H36F3N3O3S/c1-2-3-21-35-41(39,25-19-17-24(18-20-25)40-31(32,33)34)36-26-11-8-14-29(30(26)38)37-27-12-6-4-9-22(27)15-16-23-10-5-7-13-28(23)37/h4-7,9-10,12-13,17-20,26,29-30,38H,2-3,8,11,14-16,21H2,1H3,(H,35,36,39)/t26-,29-,30-,41?/m0/s1. The topological polar surface area (TPSA) is 74.2 Å². The molecule has 1 aliphatic heterocycles. The third-order valence-electron chi connectivity index (χ3n) is 7.79. The second-order valence-corrected chi connectivity index (χ2v) is 12.6. The van der Waals surface area contributed by atoms with Crippen molar-refractivity contribution >= 4 is 21.3 Å². The number of halogens is 3. The number of hydrogen-bond donors (Lipinski definition) is 2. The summed E-state index contributed by atoms with van der Waals surface area (Å²) in [5.74, 6) is -0.396. The number of aliphatic hydroxyl groups excluding tert-OH is 1. The number of benzene rings is 3. The molecule has 5 rings (SSSR count). The Hall–Kier alpha value is -3.08. The van der Waals surface area contributed by atoms with Crippen molar-refractivity contribution < 1.29 is 27.2 Å². The minimum Gasteiger partial charge on any atom is -0.406 e. The summed E-state index contributed by atoms with van der Waals surface area (Å²) in [6, 6.07) is 20.7. The molecule has 3 aromatic carbocycles. The minimum atomic E-state index is -4.82. The molecule has 1 saturated carbocycles. The number of aryl methyl sites for hydroxylation is 2. The monoisotopic (exact) mass is 587 g/mol. The largest absolute Gasteiger partial charge is 0.573 e. The number of aliphatic hydroxyl groups is 1. The highest BCUT2D eigenvalue weighted by atomic mass is 32.2. The van der Waals surface area contributed by atoms with Gasteiger partial charge in [0.2, 0.25) is 0 Å². The Morgan fingerprint density at radius 1 is 0.976 bits per heavy atom. The van der Waals surface area contributed by atoms with Crippen LogP contribution >= 0.6 is 0 Å². The summed E-state index contributed by atoms with van der Waals surface area (Å²) < 4.78 is 64.1. The molecule has 1 heterocycles. The summed E-state index contributed by atoms with van der Waals surface area (Å²) in [4.78, 5) is 2.50. The average Bonchev–Trinajstić information content (AvgIpc) is 3.11. The van der Waals surface area contributed by atoms with Crippen LogP contribution in [0.15, 0.2) is 82.1 Å². The first-order chi connectivity index (χ1) is 19.7. The third-order valence-corrected chi connectivity index (χ3v) is 9.87. The van der Waals surface area contributed by atoms with Gasteiger partial charge in [0, 0.05) is 24.0 Å². The molecule has 0 saturated heterocycles. The van der Waals surface area contributed by atoms with Gasteiger partial charge in [0.15, 0.2) is 0 Å². The van der Waals surface area contributed by atoms with Crippen molar-refractivity contribution in [1.29, 1.82) is 0 Å². The van der Waals surface area contributed by atoms with E-state index in [0.717, 1.165) is 55.6 Å². The lowest BCUT2D eigenvalue weighted by Gasteiger charge is -2.43. The first-order valence-electron chi connectivity index (χ1n) is 14.2. The SMILES string of the molecule is CCCCN=S(=O)(N[C@H]1CCC[C@H](N2c3ccccc3CCc3ccccc32)[C@H]1O)c1ccc(OC(F)(F)F)cc1. The number of fused-ring (bicyclic) bond motifs is 2. The zero-order valence-corrected chi connectivity index (χ0v) is 23.8. The number of ether oxygens (including phenoxy) is 1. The van der Waals surface area contributed by atoms with Gasteiger partial charge in [0.1, 0.15) is 15.7 Å². The van der Waals surface area contributed by atoms with E-state index < -0.39 is 34.2 Å². The zero-order valence-electron chi connectivity index (χ0n) is 23.0. The number of nitrogens with one attached hydrogen (secondary N) is 1. The molecule has 41 heavy (non-hydrogen) atoms. The second kappa shape index (κ2) is 12.4. The Morgan fingerprint density at radius 2 is 1.59 bits per heavy atom. The summed E-state index contributed by atoms with van der Waals surface area (Å²) in [6.07, 6.45) is -0.215. The van der Waals surface area contributed by atoms with Crippen LogP contribution in [0, 0.1) is 0 Å². The van der Waals surface area contributed by atoms with Crippen molar-refractivity contribution in [1.82, 2.24) is 4.72 Å². The van der Waals surface area contributed by atoms with Gasteiger partial charge in [-0.05, 0) is 86.1 Å². The number of nitrogens with zero attached hydrogens (tertiary/aromatic N) is 2. The average molecular weight is 588 g/mol. The van der Waals surface area contributed by atoms with Gasteiger partial charge < -0.3 is 14.7 Å². The molecule has 0 spiro atoms. The summed E-state index contributed by atoms with van der Waals surface area (Å²) in [7, 11) is -3.26. The van der Waals surface area contributed by atoms with E-state index in [4.69, 9.17) is 0 Å². The molecule has 10 heteroatoms. The molecule has 2 aliphatic rings. The predicted octanol–water partition coefficient (Wildman–Crippen LogP) is 6.94. The molecule has 1 unspecified atom stereocenters. The van der Waals surface area contributed by atoms with Gasteiger partial charge in [-0.2, -0.15) is 0 Å². The molecule has 0 amide bonds. The number of hydrogen-bond acceptors (Lipinski definition) is 5. The number of para-hydroxylation sites is 2. The molecule has 0 radical (unpaired) electrons. The van der Waals surface area contributed by atoms with E-state index in [1.165, 1.54) is 23.3 Å². The second-order valence-electron chi connectivity index (χ2n) is 10.6. The molecule has 220 valence electrons. The number of unbranched alkanes of at least 4 members (excludes halogenated alkanes) is 1. The van der Waals surface area contributed by atoms with Crippen LogP contribution in [-0.2, 0) is 22.8 Å². The van der Waals surface area contributed by atoms with E-state index in [2.05, 4.69) is 43.0 Å². The van der Waals surface area contributed by atoms with Crippen LogP contribution < -0.4 is 14.4 Å². The minimum absolute atomic E-state index is 0.253. The lowest BCUT2D eigenvalue weighted by molar-refractivity contribution is -0.274. The van der Waals surface area contributed by atoms with E-state index in [9.17, 15) is 22.5 Å². The van der Waals surface area contributed by atoms with Crippen molar-refractivity contribution in [2.24, 2.45) is 4.36 Å². The van der Waals surface area contributed by atoms with E-state index in [1.54, 1.807) is 0 Å². The van der Waals surface area contributed by atoms with E-state index in [1.807, 2.05) is 31.2 Å². The summed E-state index contributed by atoms with van der Waals surface area (Å²) in [6.45, 7) is 2.32. The van der Waals surface area contributed by atoms with E-state index in [0.29, 0.717) is 19.4 Å². The molecule has 6 nitrogen and oxygen atoms in total. The molecular weight excluding hydrogens is 551 g/mol. The zero-order chi connectivity index (χ0) is 29.0. The fraction of sp³-hybridized carbons (Fsp3) is 0.419. The first-order valence-corrected chi connectivity index (χ1v) is 15.7. The van der Waals surface area contributed by atoms with Crippen molar-refractivity contribution in [3.8, 4) is 5.75 Å². The quantitative estimate of drug-likeness (QED) is 0.280. The van der Waals surface area contributed by atoms with Crippen LogP contribution in [-0.4, -0.2) is 40.4 Å². The Kier molecular flexibility index (Phi) is 8.91. The van der Waals surface area contributed by atoms with Crippen LogP contribution in [0.3, 0.4) is 0 Å². The molecule has 2 N–H and O–H groups in total. The molecule has 1 fully saturated rings. The number of rotatable bonds is 8. The summed E-state index contributed by atoms with van der Waals surface area (Å²) in [5.41, 5.74) is 4.56. The fourth-order valence-corrected chi connectivity index (χ4v) is 7.72. The molecule has 0 aromatic heterocycles. The highest BCUT2D eigenvalue weighted by Crippen LogP contribution is 2.41. The predicted molar refractivity (Wildman–Crippen MR) is 155 cm³/mol. The van der Waals surface area contributed by atoms with Gasteiger partial charge in [-0.1, -0.05) is 49.7 Å². The van der Waals surface area contributed by atoms with Gasteiger partial charge in [0.05, 0.1) is 17.0 Å². The third kappa shape index (κ3) is 6.71. The summed E-state index contributed by atoms with van der Waals surface area (Å²) >= 11 is 0. The van der Waals surface area contributed by atoms with Gasteiger partial charge >= 0.3 is 6.36 Å². The molecule has 3 aromatic rings. The van der Waals surface area contributed by atoms with Crippen LogP contribution in [0.4, 0.5) is 24.5 Å². The Bertz CT molecular complexity index is 1410. The van der Waals surface area contributed by atoms with Crippen molar-refractivity contribution in [3.63, 3.8) is 0 Å². The Morgan fingerprint density at radius 3 is 2.17 bits per heavy atom. The lowest BCUT2D eigenvalue weighted by atomic mass is 9.86. The maximum absolute atomic E-state index is 14.3. The number of anilines is 2. The molecule has 1 aliphatic carbocycles. The van der Waals surface area contributed by atoms with Crippen LogP contribution in [0.2, 0.25) is 0 Å². The molecular formula is C31H36F3N3O3S. The normalized spacial score (nSPS) is 22.2. The maximum atomic E-state index is 14.3.